The van der Waals surface area contributed by atoms with E-state index in [0.717, 1.165) is 5.69 Å². The first-order chi connectivity index (χ1) is 12.7. The Balaban J connectivity index is 1.76. The van der Waals surface area contributed by atoms with Crippen LogP contribution in [-0.4, -0.2) is 5.71 Å². The second-order valence-electron chi connectivity index (χ2n) is 6.90. The Labute approximate surface area is 166 Å². The van der Waals surface area contributed by atoms with Gasteiger partial charge in [-0.2, -0.15) is 0 Å². The van der Waals surface area contributed by atoms with Gasteiger partial charge >= 0.3 is 0 Å². The van der Waals surface area contributed by atoms with Crippen molar-refractivity contribution in [2.45, 2.75) is 21.4 Å². The third kappa shape index (κ3) is 2.20. The van der Waals surface area contributed by atoms with E-state index >= 15 is 0 Å². The molecule has 1 unspecified atom stereocenters. The van der Waals surface area contributed by atoms with Crippen LogP contribution in [0.3, 0.4) is 0 Å². The SMILES string of the molecule is CC1C(c2ccccc2)=Nc2ccccc2[C@@]12Sc1ccccc1[C@@H]2Br. The molecule has 26 heavy (non-hydrogen) atoms. The standard InChI is InChI=1S/C23H18BrNS/c1-15-21(16-9-3-2-4-10-16)25-19-13-7-6-12-18(19)23(15)22(24)17-11-5-8-14-20(17)26-23/h2-15,22H,1H3/t15?,22-,23-/m0/s1. The topological polar surface area (TPSA) is 12.4 Å². The lowest BCUT2D eigenvalue weighted by Gasteiger charge is -2.42. The number of hydrogen-bond acceptors (Lipinski definition) is 2. The van der Waals surface area contributed by atoms with Gasteiger partial charge < -0.3 is 0 Å². The fraction of sp³-hybridized carbons (Fsp3) is 0.174. The molecule has 0 saturated heterocycles. The lowest BCUT2D eigenvalue weighted by atomic mass is 9.75. The summed E-state index contributed by atoms with van der Waals surface area (Å²) < 4.78 is -0.0901. The minimum atomic E-state index is -0.0901. The molecule has 3 atom stereocenters. The number of para-hydroxylation sites is 1. The Morgan fingerprint density at radius 3 is 2.38 bits per heavy atom. The molecule has 3 aromatic carbocycles. The van der Waals surface area contributed by atoms with Crippen molar-refractivity contribution in [1.82, 2.24) is 0 Å². The first kappa shape index (κ1) is 16.3. The molecule has 0 N–H and O–H groups in total. The van der Waals surface area contributed by atoms with Crippen LogP contribution in [0.4, 0.5) is 5.69 Å². The van der Waals surface area contributed by atoms with Crippen molar-refractivity contribution in [3.63, 3.8) is 0 Å². The zero-order valence-electron chi connectivity index (χ0n) is 14.4. The van der Waals surface area contributed by atoms with Crippen molar-refractivity contribution < 1.29 is 0 Å². The molecule has 0 aromatic heterocycles. The molecule has 0 aliphatic carbocycles. The number of alkyl halides is 1. The zero-order chi connectivity index (χ0) is 17.7. The number of thioether (sulfide) groups is 1. The highest BCUT2D eigenvalue weighted by Crippen LogP contribution is 2.67. The van der Waals surface area contributed by atoms with E-state index in [0.29, 0.717) is 0 Å². The van der Waals surface area contributed by atoms with E-state index in [1.807, 2.05) is 11.8 Å². The highest BCUT2D eigenvalue weighted by atomic mass is 79.9. The number of fused-ring (bicyclic) bond motifs is 3. The van der Waals surface area contributed by atoms with Crippen LogP contribution in [0.15, 0.2) is 88.8 Å². The van der Waals surface area contributed by atoms with Crippen molar-refractivity contribution in [3.8, 4) is 0 Å². The minimum absolute atomic E-state index is 0.0901. The molecule has 2 heterocycles. The van der Waals surface area contributed by atoms with Crippen molar-refractivity contribution in [2.75, 3.05) is 0 Å². The summed E-state index contributed by atoms with van der Waals surface area (Å²) in [6, 6.07) is 28.0. The molecule has 0 amide bonds. The number of aliphatic imine (C=N–C) groups is 1. The third-order valence-corrected chi connectivity index (χ3v) is 8.79. The van der Waals surface area contributed by atoms with Gasteiger partial charge in [0.25, 0.3) is 0 Å². The molecule has 3 heteroatoms. The summed E-state index contributed by atoms with van der Waals surface area (Å²) in [6.45, 7) is 2.33. The van der Waals surface area contributed by atoms with Gasteiger partial charge in [0, 0.05) is 10.8 Å². The molecular weight excluding hydrogens is 402 g/mol. The number of halogens is 1. The van der Waals surface area contributed by atoms with E-state index in [1.165, 1.54) is 27.3 Å². The van der Waals surface area contributed by atoms with Gasteiger partial charge in [0.05, 0.1) is 21.0 Å². The summed E-state index contributed by atoms with van der Waals surface area (Å²) >= 11 is 6.08. The summed E-state index contributed by atoms with van der Waals surface area (Å²) in [5.74, 6) is 0.279. The van der Waals surface area contributed by atoms with E-state index in [1.54, 1.807) is 0 Å². The Hall–Kier alpha value is -1.84. The summed E-state index contributed by atoms with van der Waals surface area (Å²) in [5.41, 5.74) is 6.19. The molecule has 3 aromatic rings. The van der Waals surface area contributed by atoms with E-state index in [4.69, 9.17) is 4.99 Å². The van der Waals surface area contributed by atoms with Gasteiger partial charge in [-0.05, 0) is 28.8 Å². The van der Waals surface area contributed by atoms with Crippen LogP contribution in [0, 0.1) is 5.92 Å². The molecule has 2 aliphatic heterocycles. The Bertz CT molecular complexity index is 1010. The maximum Gasteiger partial charge on any atom is 0.0723 e. The van der Waals surface area contributed by atoms with Gasteiger partial charge in [0.2, 0.25) is 0 Å². The number of benzene rings is 3. The van der Waals surface area contributed by atoms with Crippen LogP contribution in [-0.2, 0) is 4.75 Å². The molecule has 0 radical (unpaired) electrons. The molecule has 128 valence electrons. The maximum atomic E-state index is 5.10. The first-order valence-corrected chi connectivity index (χ1v) is 10.6. The van der Waals surface area contributed by atoms with Crippen LogP contribution in [0.5, 0.6) is 0 Å². The van der Waals surface area contributed by atoms with Gasteiger partial charge in [0.1, 0.15) is 0 Å². The van der Waals surface area contributed by atoms with Crippen molar-refractivity contribution in [1.29, 1.82) is 0 Å². The lowest BCUT2D eigenvalue weighted by molar-refractivity contribution is 0.514. The summed E-state index contributed by atoms with van der Waals surface area (Å²) in [7, 11) is 0. The highest BCUT2D eigenvalue weighted by Gasteiger charge is 2.54. The number of rotatable bonds is 1. The van der Waals surface area contributed by atoms with Gasteiger partial charge in [-0.1, -0.05) is 89.6 Å². The lowest BCUT2D eigenvalue weighted by Crippen LogP contribution is -2.39. The monoisotopic (exact) mass is 419 g/mol. The van der Waals surface area contributed by atoms with Gasteiger partial charge in [0.15, 0.2) is 0 Å². The summed E-state index contributed by atoms with van der Waals surface area (Å²) in [4.78, 5) is 6.71. The molecule has 0 fully saturated rings. The molecule has 0 bridgehead atoms. The summed E-state index contributed by atoms with van der Waals surface area (Å²) in [5, 5.41) is 0. The second-order valence-corrected chi connectivity index (χ2v) is 9.13. The predicted molar refractivity (Wildman–Crippen MR) is 114 cm³/mol. The van der Waals surface area contributed by atoms with Crippen LogP contribution in [0.25, 0.3) is 0 Å². The van der Waals surface area contributed by atoms with Crippen LogP contribution < -0.4 is 0 Å². The van der Waals surface area contributed by atoms with Crippen LogP contribution >= 0.6 is 27.7 Å². The molecule has 0 saturated carbocycles. The summed E-state index contributed by atoms with van der Waals surface area (Å²) in [6.07, 6.45) is 0. The van der Waals surface area contributed by atoms with E-state index < -0.39 is 0 Å². The molecule has 1 nitrogen and oxygen atoms in total. The Morgan fingerprint density at radius 2 is 1.58 bits per heavy atom. The Kier molecular flexibility index (Phi) is 3.84. The second kappa shape index (κ2) is 6.11. The fourth-order valence-electron chi connectivity index (χ4n) is 4.23. The number of nitrogens with zero attached hydrogens (tertiary/aromatic N) is 1. The smallest absolute Gasteiger partial charge is 0.0723 e. The van der Waals surface area contributed by atoms with Crippen molar-refractivity contribution >= 4 is 39.1 Å². The van der Waals surface area contributed by atoms with Gasteiger partial charge in [-0.3, -0.25) is 4.99 Å². The van der Waals surface area contributed by atoms with Gasteiger partial charge in [-0.15, -0.1) is 11.8 Å². The largest absolute Gasteiger partial charge is 0.252 e. The maximum absolute atomic E-state index is 5.10. The van der Waals surface area contributed by atoms with Crippen molar-refractivity contribution in [2.24, 2.45) is 10.9 Å². The van der Waals surface area contributed by atoms with Crippen LogP contribution in [0.2, 0.25) is 0 Å². The first-order valence-electron chi connectivity index (χ1n) is 8.87. The molecular formula is C23H18BrNS. The third-order valence-electron chi connectivity index (χ3n) is 5.54. The highest BCUT2D eigenvalue weighted by molar-refractivity contribution is 9.09. The quantitative estimate of drug-likeness (QED) is 0.390. The molecule has 2 aliphatic rings. The minimum Gasteiger partial charge on any atom is -0.252 e. The number of hydrogen-bond donors (Lipinski definition) is 0. The molecule has 5 rings (SSSR count). The van der Waals surface area contributed by atoms with Crippen molar-refractivity contribution in [3.05, 3.63) is 95.6 Å². The fourth-order valence-corrected chi connectivity index (χ4v) is 7.32. The molecule has 1 spiro atoms. The zero-order valence-corrected chi connectivity index (χ0v) is 16.8. The normalized spacial score (nSPS) is 26.3. The van der Waals surface area contributed by atoms with Crippen LogP contribution in [0.1, 0.15) is 28.4 Å². The van der Waals surface area contributed by atoms with E-state index in [-0.39, 0.29) is 15.5 Å². The average molecular weight is 420 g/mol. The predicted octanol–water partition coefficient (Wildman–Crippen LogP) is 6.89. The van der Waals surface area contributed by atoms with E-state index in [2.05, 4.69) is 102 Å². The Morgan fingerprint density at radius 1 is 0.885 bits per heavy atom. The van der Waals surface area contributed by atoms with Gasteiger partial charge in [-0.25, -0.2) is 0 Å². The van der Waals surface area contributed by atoms with E-state index in [9.17, 15) is 0 Å². The average Bonchev–Trinajstić information content (AvgIpc) is 2.99.